The zero-order valence-electron chi connectivity index (χ0n) is 11.7. The predicted molar refractivity (Wildman–Crippen MR) is 89.4 cm³/mol. The molecule has 0 atom stereocenters. The third kappa shape index (κ3) is 3.86. The van der Waals surface area contributed by atoms with E-state index in [1.165, 1.54) is 13.0 Å². The summed E-state index contributed by atoms with van der Waals surface area (Å²) in [5.74, 6) is -0.0544. The van der Waals surface area contributed by atoms with Crippen molar-refractivity contribution in [3.63, 3.8) is 0 Å². The second kappa shape index (κ2) is 6.77. The van der Waals surface area contributed by atoms with Gasteiger partial charge in [-0.05, 0) is 37.3 Å². The molecule has 112 valence electrons. The fraction of sp³-hybridized carbons (Fsp3) is 0.0667. The molecule has 2 aromatic rings. The van der Waals surface area contributed by atoms with Crippen LogP contribution in [0.5, 0.6) is 0 Å². The van der Waals surface area contributed by atoms with Crippen molar-refractivity contribution < 1.29 is 9.72 Å². The molecular formula is C15H13N3O3S. The van der Waals surface area contributed by atoms with E-state index in [9.17, 15) is 14.9 Å². The number of ketones is 1. The number of nitrogens with zero attached hydrogens (tertiary/aromatic N) is 1. The first-order chi connectivity index (χ1) is 10.5. The maximum atomic E-state index is 11.3. The topological polar surface area (TPSA) is 84.3 Å². The molecule has 0 saturated carbocycles. The number of rotatable bonds is 4. The van der Waals surface area contributed by atoms with E-state index < -0.39 is 4.92 Å². The number of nitrogens with one attached hydrogen (secondary N) is 2. The normalized spacial score (nSPS) is 9.86. The minimum absolute atomic E-state index is 0.0544. The summed E-state index contributed by atoms with van der Waals surface area (Å²) in [5, 5.41) is 16.8. The first-order valence-electron chi connectivity index (χ1n) is 6.40. The molecule has 0 heterocycles. The van der Waals surface area contributed by atoms with Gasteiger partial charge in [0, 0.05) is 17.3 Å². The van der Waals surface area contributed by atoms with E-state index in [2.05, 4.69) is 10.6 Å². The van der Waals surface area contributed by atoms with Gasteiger partial charge >= 0.3 is 0 Å². The van der Waals surface area contributed by atoms with Crippen LogP contribution in [0.25, 0.3) is 0 Å². The molecule has 0 bridgehead atoms. The fourth-order valence-electron chi connectivity index (χ4n) is 1.84. The van der Waals surface area contributed by atoms with Gasteiger partial charge in [0.2, 0.25) is 0 Å². The van der Waals surface area contributed by atoms with Gasteiger partial charge in [-0.25, -0.2) is 0 Å². The Hall–Kier alpha value is -2.80. The number of nitro benzene ring substituents is 1. The van der Waals surface area contributed by atoms with Crippen LogP contribution in [-0.2, 0) is 0 Å². The van der Waals surface area contributed by atoms with Gasteiger partial charge in [0.05, 0.1) is 4.92 Å². The van der Waals surface area contributed by atoms with E-state index in [4.69, 9.17) is 12.2 Å². The third-order valence-electron chi connectivity index (χ3n) is 2.88. The van der Waals surface area contributed by atoms with Crippen LogP contribution in [0.2, 0.25) is 0 Å². The van der Waals surface area contributed by atoms with Gasteiger partial charge in [-0.1, -0.05) is 24.3 Å². The van der Waals surface area contributed by atoms with E-state index in [1.54, 1.807) is 42.5 Å². The number of anilines is 2. The van der Waals surface area contributed by atoms with Crippen LogP contribution in [0.3, 0.4) is 0 Å². The maximum absolute atomic E-state index is 11.3. The predicted octanol–water partition coefficient (Wildman–Crippen LogP) is 3.61. The molecule has 2 rings (SSSR count). The number of para-hydroxylation sites is 2. The number of carbonyl (C=O) groups excluding carboxylic acids is 1. The summed E-state index contributed by atoms with van der Waals surface area (Å²) in [6.07, 6.45) is 0. The summed E-state index contributed by atoms with van der Waals surface area (Å²) >= 11 is 5.14. The summed E-state index contributed by atoms with van der Waals surface area (Å²) in [6, 6.07) is 13.1. The average molecular weight is 315 g/mol. The van der Waals surface area contributed by atoms with Crippen LogP contribution in [0, 0.1) is 10.1 Å². The molecule has 0 radical (unpaired) electrons. The van der Waals surface area contributed by atoms with Gasteiger partial charge in [-0.3, -0.25) is 14.9 Å². The Labute approximate surface area is 132 Å². The Morgan fingerprint density at radius 2 is 1.86 bits per heavy atom. The van der Waals surface area contributed by atoms with E-state index >= 15 is 0 Å². The standard InChI is InChI=1S/C15H13N3O3S/c1-10(19)11-5-4-6-12(9-11)16-15(22)17-13-7-2-3-8-14(13)18(20)21/h2-9H,1H3,(H2,16,17,22). The molecular weight excluding hydrogens is 302 g/mol. The Bertz CT molecular complexity index is 746. The van der Waals surface area contributed by atoms with Gasteiger partial charge in [0.25, 0.3) is 5.69 Å². The van der Waals surface area contributed by atoms with Crippen molar-refractivity contribution >= 4 is 40.2 Å². The molecule has 0 saturated heterocycles. The maximum Gasteiger partial charge on any atom is 0.292 e. The number of carbonyl (C=O) groups is 1. The van der Waals surface area contributed by atoms with E-state index in [1.807, 2.05) is 0 Å². The van der Waals surface area contributed by atoms with Crippen molar-refractivity contribution in [3.05, 3.63) is 64.2 Å². The first-order valence-corrected chi connectivity index (χ1v) is 6.80. The van der Waals surface area contributed by atoms with Crippen molar-refractivity contribution in [2.45, 2.75) is 6.92 Å². The Morgan fingerprint density at radius 3 is 2.55 bits per heavy atom. The summed E-state index contributed by atoms with van der Waals surface area (Å²) in [7, 11) is 0. The van der Waals surface area contributed by atoms with Crippen LogP contribution < -0.4 is 10.6 Å². The molecule has 0 amide bonds. The highest BCUT2D eigenvalue weighted by molar-refractivity contribution is 7.80. The SMILES string of the molecule is CC(=O)c1cccc(NC(=S)Nc2ccccc2[N+](=O)[O-])c1. The number of thiocarbonyl (C=S) groups is 1. The van der Waals surface area contributed by atoms with Crippen LogP contribution >= 0.6 is 12.2 Å². The second-order valence-electron chi connectivity index (χ2n) is 4.49. The first kappa shape index (κ1) is 15.6. The van der Waals surface area contributed by atoms with Gasteiger partial charge in [-0.2, -0.15) is 0 Å². The zero-order valence-corrected chi connectivity index (χ0v) is 12.5. The van der Waals surface area contributed by atoms with E-state index in [0.717, 1.165) is 0 Å². The third-order valence-corrected chi connectivity index (χ3v) is 3.08. The molecule has 0 spiro atoms. The molecule has 0 aromatic heterocycles. The molecule has 0 fully saturated rings. The molecule has 0 unspecified atom stereocenters. The molecule has 6 nitrogen and oxygen atoms in total. The minimum Gasteiger partial charge on any atom is -0.332 e. The zero-order chi connectivity index (χ0) is 16.1. The van der Waals surface area contributed by atoms with Crippen molar-refractivity contribution in [1.82, 2.24) is 0 Å². The lowest BCUT2D eigenvalue weighted by Gasteiger charge is -2.11. The lowest BCUT2D eigenvalue weighted by atomic mass is 10.1. The Balaban J connectivity index is 2.12. The minimum atomic E-state index is -0.485. The van der Waals surface area contributed by atoms with Gasteiger partial charge in [0.1, 0.15) is 5.69 Å². The van der Waals surface area contributed by atoms with Crippen LogP contribution in [-0.4, -0.2) is 15.8 Å². The second-order valence-corrected chi connectivity index (χ2v) is 4.90. The number of Topliss-reactive ketones (excluding diaryl/α,β-unsaturated/α-hetero) is 1. The van der Waals surface area contributed by atoms with Crippen molar-refractivity contribution in [1.29, 1.82) is 0 Å². The summed E-state index contributed by atoms with van der Waals surface area (Å²) in [4.78, 5) is 21.8. The van der Waals surface area contributed by atoms with Gasteiger partial charge in [0.15, 0.2) is 10.9 Å². The Morgan fingerprint density at radius 1 is 1.14 bits per heavy atom. The molecule has 7 heteroatoms. The van der Waals surface area contributed by atoms with Crippen molar-refractivity contribution in [2.24, 2.45) is 0 Å². The highest BCUT2D eigenvalue weighted by Crippen LogP contribution is 2.23. The largest absolute Gasteiger partial charge is 0.332 e. The van der Waals surface area contributed by atoms with E-state index in [-0.39, 0.29) is 16.6 Å². The van der Waals surface area contributed by atoms with Crippen molar-refractivity contribution in [3.8, 4) is 0 Å². The molecule has 0 aliphatic carbocycles. The highest BCUT2D eigenvalue weighted by atomic mass is 32.1. The molecule has 22 heavy (non-hydrogen) atoms. The van der Waals surface area contributed by atoms with Crippen molar-refractivity contribution in [2.75, 3.05) is 10.6 Å². The summed E-state index contributed by atoms with van der Waals surface area (Å²) < 4.78 is 0. The number of hydrogen-bond acceptors (Lipinski definition) is 4. The smallest absolute Gasteiger partial charge is 0.292 e. The quantitative estimate of drug-likeness (QED) is 0.388. The van der Waals surface area contributed by atoms with E-state index in [0.29, 0.717) is 16.9 Å². The van der Waals surface area contributed by atoms with Crippen LogP contribution in [0.4, 0.5) is 17.1 Å². The molecule has 0 aliphatic rings. The van der Waals surface area contributed by atoms with Crippen LogP contribution in [0.15, 0.2) is 48.5 Å². The lowest BCUT2D eigenvalue weighted by molar-refractivity contribution is -0.383. The van der Waals surface area contributed by atoms with Gasteiger partial charge in [-0.15, -0.1) is 0 Å². The van der Waals surface area contributed by atoms with Gasteiger partial charge < -0.3 is 10.6 Å². The number of nitro groups is 1. The number of hydrogen-bond donors (Lipinski definition) is 2. The highest BCUT2D eigenvalue weighted by Gasteiger charge is 2.13. The average Bonchev–Trinajstić information content (AvgIpc) is 2.47. The number of benzene rings is 2. The lowest BCUT2D eigenvalue weighted by Crippen LogP contribution is -2.19. The molecule has 2 N–H and O–H groups in total. The molecule has 2 aromatic carbocycles. The fourth-order valence-corrected chi connectivity index (χ4v) is 2.07. The summed E-state index contributed by atoms with van der Waals surface area (Å²) in [6.45, 7) is 1.48. The monoisotopic (exact) mass is 315 g/mol. The molecule has 0 aliphatic heterocycles. The Kier molecular flexibility index (Phi) is 4.80. The summed E-state index contributed by atoms with van der Waals surface area (Å²) in [5.41, 5.74) is 1.42. The van der Waals surface area contributed by atoms with Crippen LogP contribution in [0.1, 0.15) is 17.3 Å².